The molecule has 1 aliphatic heterocycles. The molecule has 4 amide bonds. The fourth-order valence-corrected chi connectivity index (χ4v) is 2.52. The van der Waals surface area contributed by atoms with Crippen LogP contribution >= 0.6 is 0 Å². The summed E-state index contributed by atoms with van der Waals surface area (Å²) in [5, 5.41) is 0. The third-order valence-corrected chi connectivity index (χ3v) is 3.86. The topological polar surface area (TPSA) is 104 Å². The minimum Gasteiger partial charge on any atom is -0.399 e. The molecule has 1 aromatic carbocycles. The van der Waals surface area contributed by atoms with E-state index in [1.54, 1.807) is 17.0 Å². The van der Waals surface area contributed by atoms with Gasteiger partial charge in [0.05, 0.1) is 5.69 Å². The summed E-state index contributed by atoms with van der Waals surface area (Å²) in [5.41, 5.74) is 6.37. The molecule has 0 aliphatic carbocycles. The van der Waals surface area contributed by atoms with Crippen LogP contribution in [0.25, 0.3) is 0 Å². The van der Waals surface area contributed by atoms with E-state index in [9.17, 15) is 19.2 Å². The highest BCUT2D eigenvalue weighted by Gasteiger charge is 2.32. The second-order valence-corrected chi connectivity index (χ2v) is 5.55. The lowest BCUT2D eigenvalue weighted by Crippen LogP contribution is -2.54. The molecule has 8 nitrogen and oxygen atoms in total. The lowest BCUT2D eigenvalue weighted by atomic mass is 10.2. The molecule has 8 heteroatoms. The van der Waals surface area contributed by atoms with Gasteiger partial charge >= 0.3 is 11.8 Å². The van der Waals surface area contributed by atoms with Gasteiger partial charge in [-0.1, -0.05) is 0 Å². The van der Waals surface area contributed by atoms with Crippen LogP contribution in [0.1, 0.15) is 13.8 Å². The maximum absolute atomic E-state index is 12.5. The number of nitrogens with zero attached hydrogens (tertiary/aromatic N) is 3. The van der Waals surface area contributed by atoms with E-state index in [0.29, 0.717) is 18.8 Å². The fraction of sp³-hybridized carbons (Fsp3) is 0.375. The minimum absolute atomic E-state index is 0.0688. The Kier molecular flexibility index (Phi) is 5.18. The van der Waals surface area contributed by atoms with Crippen molar-refractivity contribution in [1.29, 1.82) is 0 Å². The zero-order chi connectivity index (χ0) is 17.9. The monoisotopic (exact) mass is 332 g/mol. The van der Waals surface area contributed by atoms with E-state index in [2.05, 4.69) is 0 Å². The van der Waals surface area contributed by atoms with Gasteiger partial charge in [-0.3, -0.25) is 19.2 Å². The third-order valence-electron chi connectivity index (χ3n) is 3.86. The van der Waals surface area contributed by atoms with Gasteiger partial charge in [0.15, 0.2) is 0 Å². The van der Waals surface area contributed by atoms with Gasteiger partial charge in [0.1, 0.15) is 0 Å². The first-order valence-electron chi connectivity index (χ1n) is 7.56. The molecule has 1 aromatic rings. The van der Waals surface area contributed by atoms with Crippen LogP contribution in [0.3, 0.4) is 0 Å². The highest BCUT2D eigenvalue weighted by atomic mass is 16.2. The summed E-state index contributed by atoms with van der Waals surface area (Å²) in [4.78, 5) is 51.9. The Morgan fingerprint density at radius 1 is 0.917 bits per heavy atom. The van der Waals surface area contributed by atoms with Crippen molar-refractivity contribution in [2.45, 2.75) is 13.8 Å². The number of imide groups is 1. The van der Waals surface area contributed by atoms with Crippen molar-refractivity contribution < 1.29 is 19.2 Å². The Morgan fingerprint density at radius 3 is 1.88 bits per heavy atom. The smallest absolute Gasteiger partial charge is 0.323 e. The summed E-state index contributed by atoms with van der Waals surface area (Å²) in [6.45, 7) is 3.94. The fourth-order valence-electron chi connectivity index (χ4n) is 2.52. The highest BCUT2D eigenvalue weighted by Crippen LogP contribution is 2.18. The number of carbonyl (C=O) groups is 4. The Hall–Kier alpha value is -2.90. The zero-order valence-electron chi connectivity index (χ0n) is 13.7. The summed E-state index contributed by atoms with van der Waals surface area (Å²) >= 11 is 0. The molecule has 0 aromatic heterocycles. The van der Waals surface area contributed by atoms with Gasteiger partial charge in [0.25, 0.3) is 0 Å². The van der Waals surface area contributed by atoms with E-state index in [1.165, 1.54) is 30.9 Å². The van der Waals surface area contributed by atoms with Crippen LogP contribution in [0.15, 0.2) is 24.3 Å². The number of rotatable bonds is 1. The second kappa shape index (κ2) is 7.12. The number of nitrogens with two attached hydrogens (primary N) is 1. The number of amides is 4. The van der Waals surface area contributed by atoms with E-state index >= 15 is 0 Å². The van der Waals surface area contributed by atoms with Crippen LogP contribution < -0.4 is 10.6 Å². The molecule has 0 spiro atoms. The molecule has 1 saturated heterocycles. The van der Waals surface area contributed by atoms with Crippen molar-refractivity contribution in [1.82, 2.24) is 9.80 Å². The summed E-state index contributed by atoms with van der Waals surface area (Å²) in [6.07, 6.45) is 0. The largest absolute Gasteiger partial charge is 0.399 e. The Morgan fingerprint density at radius 2 is 1.42 bits per heavy atom. The number of piperazine rings is 1. The molecular weight excluding hydrogens is 312 g/mol. The highest BCUT2D eigenvalue weighted by molar-refractivity contribution is 6.45. The van der Waals surface area contributed by atoms with Crippen LogP contribution in [-0.4, -0.2) is 59.6 Å². The molecule has 2 rings (SSSR count). The second-order valence-electron chi connectivity index (χ2n) is 5.55. The SMILES string of the molecule is CC(=O)N1CCN(C(=O)C(=O)N(C(C)=O)c2ccc(N)cc2)CC1. The minimum atomic E-state index is -0.913. The third kappa shape index (κ3) is 3.70. The molecule has 1 aliphatic rings. The molecular formula is C16H20N4O4. The predicted molar refractivity (Wildman–Crippen MR) is 87.9 cm³/mol. The van der Waals surface area contributed by atoms with Gasteiger partial charge in [0, 0.05) is 45.7 Å². The Balaban J connectivity index is 2.12. The Labute approximate surface area is 139 Å². The number of hydrogen-bond acceptors (Lipinski definition) is 5. The van der Waals surface area contributed by atoms with E-state index in [0.717, 1.165) is 4.90 Å². The molecule has 128 valence electrons. The van der Waals surface area contributed by atoms with Crippen molar-refractivity contribution in [3.63, 3.8) is 0 Å². The maximum atomic E-state index is 12.5. The molecule has 1 fully saturated rings. The molecule has 1 heterocycles. The summed E-state index contributed by atoms with van der Waals surface area (Å²) in [6, 6.07) is 6.12. The molecule has 0 radical (unpaired) electrons. The van der Waals surface area contributed by atoms with E-state index < -0.39 is 17.7 Å². The van der Waals surface area contributed by atoms with E-state index in [1.807, 2.05) is 0 Å². The standard InChI is InChI=1S/C16H20N4O4/c1-11(21)18-7-9-19(10-8-18)15(23)16(24)20(12(2)22)14-5-3-13(17)4-6-14/h3-6H,7-10,17H2,1-2H3. The summed E-state index contributed by atoms with van der Waals surface area (Å²) in [5.74, 6) is -2.30. The Bertz CT molecular complexity index is 663. The van der Waals surface area contributed by atoms with E-state index in [4.69, 9.17) is 5.73 Å². The van der Waals surface area contributed by atoms with Crippen LogP contribution in [0, 0.1) is 0 Å². The van der Waals surface area contributed by atoms with Crippen LogP contribution in [0.2, 0.25) is 0 Å². The predicted octanol–water partition coefficient (Wildman–Crippen LogP) is -0.161. The molecule has 0 bridgehead atoms. The molecule has 0 saturated carbocycles. The lowest BCUT2D eigenvalue weighted by Gasteiger charge is -2.34. The molecule has 0 unspecified atom stereocenters. The number of carbonyl (C=O) groups excluding carboxylic acids is 4. The maximum Gasteiger partial charge on any atom is 0.323 e. The number of anilines is 2. The first-order valence-corrected chi connectivity index (χ1v) is 7.56. The first kappa shape index (κ1) is 17.5. The van der Waals surface area contributed by atoms with Gasteiger partial charge in [0.2, 0.25) is 11.8 Å². The van der Waals surface area contributed by atoms with Crippen molar-refractivity contribution in [3.8, 4) is 0 Å². The molecule has 24 heavy (non-hydrogen) atoms. The van der Waals surface area contributed by atoms with Gasteiger partial charge in [-0.2, -0.15) is 0 Å². The zero-order valence-corrected chi connectivity index (χ0v) is 13.7. The van der Waals surface area contributed by atoms with Gasteiger partial charge in [-0.15, -0.1) is 0 Å². The van der Waals surface area contributed by atoms with Crippen molar-refractivity contribution in [2.75, 3.05) is 36.8 Å². The first-order chi connectivity index (χ1) is 11.3. The van der Waals surface area contributed by atoms with Crippen LogP contribution in [0.5, 0.6) is 0 Å². The number of hydrogen-bond donors (Lipinski definition) is 1. The van der Waals surface area contributed by atoms with Crippen LogP contribution in [0.4, 0.5) is 11.4 Å². The normalized spacial score (nSPS) is 14.2. The average molecular weight is 332 g/mol. The number of benzene rings is 1. The van der Waals surface area contributed by atoms with Gasteiger partial charge in [-0.25, -0.2) is 4.90 Å². The lowest BCUT2D eigenvalue weighted by molar-refractivity contribution is -0.147. The summed E-state index contributed by atoms with van der Waals surface area (Å²) < 4.78 is 0. The van der Waals surface area contributed by atoms with Crippen molar-refractivity contribution in [2.24, 2.45) is 0 Å². The van der Waals surface area contributed by atoms with Crippen molar-refractivity contribution in [3.05, 3.63) is 24.3 Å². The van der Waals surface area contributed by atoms with Gasteiger partial charge in [-0.05, 0) is 24.3 Å². The van der Waals surface area contributed by atoms with Crippen LogP contribution in [-0.2, 0) is 19.2 Å². The molecule has 0 atom stereocenters. The quantitative estimate of drug-likeness (QED) is 0.568. The summed E-state index contributed by atoms with van der Waals surface area (Å²) in [7, 11) is 0. The number of nitrogen functional groups attached to an aromatic ring is 1. The van der Waals surface area contributed by atoms with Crippen molar-refractivity contribution >= 4 is 35.0 Å². The van der Waals surface area contributed by atoms with Gasteiger partial charge < -0.3 is 15.5 Å². The van der Waals surface area contributed by atoms with E-state index in [-0.39, 0.29) is 24.7 Å². The average Bonchev–Trinajstić information content (AvgIpc) is 2.55. The molecule has 2 N–H and O–H groups in total.